The molecule has 2 amide bonds. The van der Waals surface area contributed by atoms with E-state index in [0.29, 0.717) is 6.54 Å². The van der Waals surface area contributed by atoms with E-state index in [4.69, 9.17) is 0 Å². The maximum Gasteiger partial charge on any atom is 0.319 e. The average Bonchev–Trinajstić information content (AvgIpc) is 2.27. The zero-order chi connectivity index (χ0) is 11.1. The highest BCUT2D eigenvalue weighted by atomic mass is 16.2. The SMILES string of the molecule is CCCNC(=O)Nc1ccc(CC)cc1. The van der Waals surface area contributed by atoms with Crippen molar-refractivity contribution in [1.29, 1.82) is 0 Å². The minimum absolute atomic E-state index is 0.138. The lowest BCUT2D eigenvalue weighted by molar-refractivity contribution is 0.252. The molecule has 0 bridgehead atoms. The fourth-order valence-electron chi connectivity index (χ4n) is 1.24. The summed E-state index contributed by atoms with van der Waals surface area (Å²) in [5.74, 6) is 0. The van der Waals surface area contributed by atoms with Crippen molar-refractivity contribution in [1.82, 2.24) is 5.32 Å². The maximum absolute atomic E-state index is 11.3. The fraction of sp³-hybridized carbons (Fsp3) is 0.417. The van der Waals surface area contributed by atoms with Crippen LogP contribution < -0.4 is 10.6 Å². The Hall–Kier alpha value is -1.51. The summed E-state index contributed by atoms with van der Waals surface area (Å²) in [6, 6.07) is 7.75. The van der Waals surface area contributed by atoms with Gasteiger partial charge in [0, 0.05) is 12.2 Å². The van der Waals surface area contributed by atoms with Gasteiger partial charge in [-0.05, 0) is 30.5 Å². The van der Waals surface area contributed by atoms with Crippen LogP contribution in [-0.2, 0) is 6.42 Å². The Balaban J connectivity index is 2.46. The second-order valence-electron chi connectivity index (χ2n) is 3.43. The molecule has 0 atom stereocenters. The highest BCUT2D eigenvalue weighted by Gasteiger charge is 1.99. The predicted molar refractivity (Wildman–Crippen MR) is 63.1 cm³/mol. The molecule has 0 fully saturated rings. The summed E-state index contributed by atoms with van der Waals surface area (Å²) in [6.07, 6.45) is 1.96. The Labute approximate surface area is 90.9 Å². The second kappa shape index (κ2) is 6.06. The van der Waals surface area contributed by atoms with Crippen LogP contribution in [0.3, 0.4) is 0 Å². The van der Waals surface area contributed by atoms with Crippen LogP contribution in [0.1, 0.15) is 25.8 Å². The third-order valence-electron chi connectivity index (χ3n) is 2.16. The van der Waals surface area contributed by atoms with Gasteiger partial charge in [0.2, 0.25) is 0 Å². The lowest BCUT2D eigenvalue weighted by Gasteiger charge is -2.06. The van der Waals surface area contributed by atoms with Gasteiger partial charge in [-0.25, -0.2) is 4.79 Å². The first-order chi connectivity index (χ1) is 7.26. The molecule has 0 heterocycles. The van der Waals surface area contributed by atoms with E-state index in [2.05, 4.69) is 17.6 Å². The Morgan fingerprint density at radius 3 is 2.40 bits per heavy atom. The van der Waals surface area contributed by atoms with E-state index in [1.165, 1.54) is 5.56 Å². The van der Waals surface area contributed by atoms with Crippen molar-refractivity contribution >= 4 is 11.7 Å². The lowest BCUT2D eigenvalue weighted by atomic mass is 10.1. The van der Waals surface area contributed by atoms with E-state index in [-0.39, 0.29) is 6.03 Å². The first-order valence-electron chi connectivity index (χ1n) is 5.40. The molecule has 1 aromatic rings. The molecule has 1 aromatic carbocycles. The molecule has 0 spiro atoms. The van der Waals surface area contributed by atoms with Gasteiger partial charge in [-0.3, -0.25) is 0 Å². The molecule has 2 N–H and O–H groups in total. The molecular formula is C12H18N2O. The van der Waals surface area contributed by atoms with Crippen LogP contribution >= 0.6 is 0 Å². The van der Waals surface area contributed by atoms with E-state index in [9.17, 15) is 4.79 Å². The molecule has 0 aliphatic heterocycles. The Morgan fingerprint density at radius 2 is 1.87 bits per heavy atom. The van der Waals surface area contributed by atoms with Crippen LogP contribution in [0, 0.1) is 0 Å². The Bertz CT molecular complexity index is 306. The predicted octanol–water partition coefficient (Wildman–Crippen LogP) is 2.78. The number of amides is 2. The summed E-state index contributed by atoms with van der Waals surface area (Å²) in [6.45, 7) is 4.84. The van der Waals surface area contributed by atoms with Crippen LogP contribution in [-0.4, -0.2) is 12.6 Å². The largest absolute Gasteiger partial charge is 0.338 e. The molecule has 0 aromatic heterocycles. The first-order valence-corrected chi connectivity index (χ1v) is 5.40. The van der Waals surface area contributed by atoms with E-state index in [1.54, 1.807) is 0 Å². The molecule has 0 aliphatic rings. The number of anilines is 1. The van der Waals surface area contributed by atoms with Gasteiger partial charge in [0.25, 0.3) is 0 Å². The summed E-state index contributed by atoms with van der Waals surface area (Å²) >= 11 is 0. The van der Waals surface area contributed by atoms with E-state index < -0.39 is 0 Å². The van der Waals surface area contributed by atoms with Crippen LogP contribution in [0.4, 0.5) is 10.5 Å². The van der Waals surface area contributed by atoms with Gasteiger partial charge in [0.15, 0.2) is 0 Å². The van der Waals surface area contributed by atoms with E-state index in [1.807, 2.05) is 31.2 Å². The maximum atomic E-state index is 11.3. The molecule has 3 heteroatoms. The van der Waals surface area contributed by atoms with Crippen LogP contribution in [0.5, 0.6) is 0 Å². The standard InChI is InChI=1S/C12H18N2O/c1-3-9-13-12(15)14-11-7-5-10(4-2)6-8-11/h5-8H,3-4,9H2,1-2H3,(H2,13,14,15). The number of aryl methyl sites for hydroxylation is 1. The monoisotopic (exact) mass is 206 g/mol. The molecule has 0 saturated carbocycles. The van der Waals surface area contributed by atoms with Crippen molar-refractivity contribution < 1.29 is 4.79 Å². The van der Waals surface area contributed by atoms with Gasteiger partial charge in [0.05, 0.1) is 0 Å². The molecule has 15 heavy (non-hydrogen) atoms. The highest BCUT2D eigenvalue weighted by molar-refractivity contribution is 5.89. The van der Waals surface area contributed by atoms with Gasteiger partial charge in [-0.2, -0.15) is 0 Å². The van der Waals surface area contributed by atoms with Gasteiger partial charge in [-0.1, -0.05) is 26.0 Å². The number of hydrogen-bond donors (Lipinski definition) is 2. The number of benzene rings is 1. The van der Waals surface area contributed by atoms with Crippen LogP contribution in [0.25, 0.3) is 0 Å². The number of carbonyl (C=O) groups excluding carboxylic acids is 1. The summed E-state index contributed by atoms with van der Waals surface area (Å²) in [4.78, 5) is 11.3. The molecule has 0 radical (unpaired) electrons. The molecule has 3 nitrogen and oxygen atoms in total. The highest BCUT2D eigenvalue weighted by Crippen LogP contribution is 2.09. The van der Waals surface area contributed by atoms with Crippen LogP contribution in [0.2, 0.25) is 0 Å². The normalized spacial score (nSPS) is 9.73. The number of hydrogen-bond acceptors (Lipinski definition) is 1. The zero-order valence-electron chi connectivity index (χ0n) is 9.34. The summed E-state index contributed by atoms with van der Waals surface area (Å²) < 4.78 is 0. The average molecular weight is 206 g/mol. The molecule has 0 aliphatic carbocycles. The number of rotatable bonds is 4. The van der Waals surface area contributed by atoms with Crippen molar-refractivity contribution in [2.75, 3.05) is 11.9 Å². The number of nitrogens with one attached hydrogen (secondary N) is 2. The molecule has 0 saturated heterocycles. The fourth-order valence-corrected chi connectivity index (χ4v) is 1.24. The third kappa shape index (κ3) is 4.02. The zero-order valence-corrected chi connectivity index (χ0v) is 9.34. The van der Waals surface area contributed by atoms with E-state index in [0.717, 1.165) is 18.5 Å². The first kappa shape index (κ1) is 11.6. The van der Waals surface area contributed by atoms with Crippen molar-refractivity contribution in [2.24, 2.45) is 0 Å². The van der Waals surface area contributed by atoms with Gasteiger partial charge in [-0.15, -0.1) is 0 Å². The van der Waals surface area contributed by atoms with Crippen molar-refractivity contribution in [3.63, 3.8) is 0 Å². The van der Waals surface area contributed by atoms with Crippen molar-refractivity contribution in [2.45, 2.75) is 26.7 Å². The van der Waals surface area contributed by atoms with Gasteiger partial charge >= 0.3 is 6.03 Å². The second-order valence-corrected chi connectivity index (χ2v) is 3.43. The lowest BCUT2D eigenvalue weighted by Crippen LogP contribution is -2.29. The minimum Gasteiger partial charge on any atom is -0.338 e. The number of carbonyl (C=O) groups is 1. The topological polar surface area (TPSA) is 41.1 Å². The Kier molecular flexibility index (Phi) is 4.68. The molecule has 1 rings (SSSR count). The quantitative estimate of drug-likeness (QED) is 0.781. The van der Waals surface area contributed by atoms with Crippen molar-refractivity contribution in [3.05, 3.63) is 29.8 Å². The van der Waals surface area contributed by atoms with Crippen molar-refractivity contribution in [3.8, 4) is 0 Å². The Morgan fingerprint density at radius 1 is 1.20 bits per heavy atom. The van der Waals surface area contributed by atoms with Gasteiger partial charge < -0.3 is 10.6 Å². The summed E-state index contributed by atoms with van der Waals surface area (Å²) in [5, 5.41) is 5.54. The molecule has 82 valence electrons. The summed E-state index contributed by atoms with van der Waals surface area (Å²) in [7, 11) is 0. The summed E-state index contributed by atoms with van der Waals surface area (Å²) in [5.41, 5.74) is 2.11. The molecule has 0 unspecified atom stereocenters. The van der Waals surface area contributed by atoms with E-state index >= 15 is 0 Å². The smallest absolute Gasteiger partial charge is 0.319 e. The molecular weight excluding hydrogens is 188 g/mol. The third-order valence-corrected chi connectivity index (χ3v) is 2.16. The van der Waals surface area contributed by atoms with Crippen LogP contribution in [0.15, 0.2) is 24.3 Å². The number of urea groups is 1. The minimum atomic E-state index is -0.138. The van der Waals surface area contributed by atoms with Gasteiger partial charge in [0.1, 0.15) is 0 Å².